The lowest BCUT2D eigenvalue weighted by molar-refractivity contribution is 0.429. The number of imidazole rings is 1. The SMILES string of the molecule is CCn1c(-c2cnc(C)nc2)nc2c(-c3ccc4oc(=O)n([C@H](C)C5CC5)c4c3)ncnc21. The number of nitrogens with zero attached hydrogens (tertiary/aromatic N) is 7. The van der Waals surface area contributed by atoms with Crippen LogP contribution >= 0.6 is 0 Å². The van der Waals surface area contributed by atoms with E-state index in [1.165, 1.54) is 0 Å². The van der Waals surface area contributed by atoms with Gasteiger partial charge in [0.1, 0.15) is 29.2 Å². The van der Waals surface area contributed by atoms with Gasteiger partial charge < -0.3 is 8.98 Å². The van der Waals surface area contributed by atoms with Crippen molar-refractivity contribution in [3.63, 3.8) is 0 Å². The first kappa shape index (κ1) is 19.8. The van der Waals surface area contributed by atoms with Crippen LogP contribution in [0.2, 0.25) is 0 Å². The second kappa shape index (κ2) is 7.33. The van der Waals surface area contributed by atoms with Crippen LogP contribution in [0.4, 0.5) is 0 Å². The Morgan fingerprint density at radius 3 is 2.64 bits per heavy atom. The molecule has 0 aliphatic heterocycles. The molecule has 166 valence electrons. The molecule has 0 N–H and O–H groups in total. The molecule has 4 heterocycles. The number of aryl methyl sites for hydroxylation is 2. The molecule has 0 amide bonds. The fourth-order valence-electron chi connectivity index (χ4n) is 4.53. The number of benzene rings is 1. The van der Waals surface area contributed by atoms with E-state index in [1.807, 2.05) is 29.7 Å². The Labute approximate surface area is 189 Å². The molecule has 0 bridgehead atoms. The molecule has 6 rings (SSSR count). The minimum atomic E-state index is -0.314. The van der Waals surface area contributed by atoms with E-state index in [0.717, 1.165) is 41.0 Å². The summed E-state index contributed by atoms with van der Waals surface area (Å²) in [7, 11) is 0. The van der Waals surface area contributed by atoms with Gasteiger partial charge in [0.25, 0.3) is 0 Å². The van der Waals surface area contributed by atoms with E-state index in [0.29, 0.717) is 35.1 Å². The van der Waals surface area contributed by atoms with Crippen LogP contribution in [0.1, 0.15) is 38.6 Å². The zero-order valence-electron chi connectivity index (χ0n) is 18.7. The van der Waals surface area contributed by atoms with Crippen molar-refractivity contribution in [2.24, 2.45) is 5.92 Å². The van der Waals surface area contributed by atoms with Gasteiger partial charge in [-0.3, -0.25) is 4.57 Å². The van der Waals surface area contributed by atoms with E-state index in [4.69, 9.17) is 9.40 Å². The highest BCUT2D eigenvalue weighted by molar-refractivity contribution is 5.92. The lowest BCUT2D eigenvalue weighted by Crippen LogP contribution is -2.19. The molecule has 1 fully saturated rings. The summed E-state index contributed by atoms with van der Waals surface area (Å²) in [5.74, 6) is 1.67. The first-order valence-corrected chi connectivity index (χ1v) is 11.2. The maximum atomic E-state index is 12.6. The van der Waals surface area contributed by atoms with Gasteiger partial charge in [-0.05, 0) is 57.7 Å². The standard InChI is InChI=1S/C24H23N7O2/c1-4-30-22(17-10-25-14(3)26-11-17)29-21-20(27-12-28-23(21)30)16-7-8-19-18(9-16)31(24(32)33-19)13(2)15-5-6-15/h7-13,15H,4-6H2,1-3H3/t13-/m1/s1. The van der Waals surface area contributed by atoms with Crippen molar-refractivity contribution in [2.75, 3.05) is 0 Å². The van der Waals surface area contributed by atoms with Gasteiger partial charge >= 0.3 is 5.76 Å². The third-order valence-electron chi connectivity index (χ3n) is 6.48. The van der Waals surface area contributed by atoms with Gasteiger partial charge in [0.2, 0.25) is 0 Å². The van der Waals surface area contributed by atoms with Crippen molar-refractivity contribution in [3.05, 3.63) is 53.3 Å². The minimum absolute atomic E-state index is 0.104. The molecule has 4 aromatic heterocycles. The predicted octanol–water partition coefficient (Wildman–Crippen LogP) is 4.16. The zero-order chi connectivity index (χ0) is 22.7. The Morgan fingerprint density at radius 2 is 1.91 bits per heavy atom. The number of aromatic nitrogens is 7. The smallest absolute Gasteiger partial charge is 0.408 e. The Bertz CT molecular complexity index is 1560. The van der Waals surface area contributed by atoms with Crippen LogP contribution in [0.25, 0.3) is 44.9 Å². The summed E-state index contributed by atoms with van der Waals surface area (Å²) in [5.41, 5.74) is 5.20. The van der Waals surface area contributed by atoms with Gasteiger partial charge in [-0.1, -0.05) is 0 Å². The number of oxazole rings is 1. The Balaban J connectivity index is 1.55. The number of fused-ring (bicyclic) bond motifs is 2. The molecule has 1 aromatic carbocycles. The molecule has 0 radical (unpaired) electrons. The van der Waals surface area contributed by atoms with E-state index in [9.17, 15) is 4.79 Å². The third-order valence-corrected chi connectivity index (χ3v) is 6.48. The largest absolute Gasteiger partial charge is 0.420 e. The topological polar surface area (TPSA) is 105 Å². The maximum Gasteiger partial charge on any atom is 0.420 e. The van der Waals surface area contributed by atoms with Crippen LogP contribution in [-0.2, 0) is 6.54 Å². The highest BCUT2D eigenvalue weighted by Crippen LogP contribution is 2.40. The summed E-state index contributed by atoms with van der Waals surface area (Å²) >= 11 is 0. The van der Waals surface area contributed by atoms with E-state index in [1.54, 1.807) is 23.3 Å². The van der Waals surface area contributed by atoms with Crippen molar-refractivity contribution in [1.29, 1.82) is 0 Å². The molecule has 5 aromatic rings. The fraction of sp³-hybridized carbons (Fsp3) is 0.333. The first-order chi connectivity index (χ1) is 16.0. The molecule has 9 nitrogen and oxygen atoms in total. The monoisotopic (exact) mass is 441 g/mol. The molecule has 1 aliphatic rings. The third kappa shape index (κ3) is 3.14. The Kier molecular flexibility index (Phi) is 4.39. The quantitative estimate of drug-likeness (QED) is 0.403. The van der Waals surface area contributed by atoms with Crippen LogP contribution < -0.4 is 5.76 Å². The molecule has 0 saturated heterocycles. The zero-order valence-corrected chi connectivity index (χ0v) is 18.7. The van der Waals surface area contributed by atoms with Crippen LogP contribution in [0.15, 0.2) is 46.1 Å². The average Bonchev–Trinajstić information content (AvgIpc) is 3.53. The van der Waals surface area contributed by atoms with Gasteiger partial charge in [0.05, 0.1) is 11.1 Å². The molecule has 1 saturated carbocycles. The van der Waals surface area contributed by atoms with Crippen molar-refractivity contribution in [2.45, 2.75) is 46.2 Å². The average molecular weight is 441 g/mol. The molecule has 1 atom stereocenters. The Hall–Kier alpha value is -3.88. The van der Waals surface area contributed by atoms with Gasteiger partial charge in [-0.15, -0.1) is 0 Å². The molecular weight excluding hydrogens is 418 g/mol. The van der Waals surface area contributed by atoms with Crippen molar-refractivity contribution >= 4 is 22.3 Å². The second-order valence-electron chi connectivity index (χ2n) is 8.59. The molecule has 33 heavy (non-hydrogen) atoms. The highest BCUT2D eigenvalue weighted by atomic mass is 16.4. The van der Waals surface area contributed by atoms with Crippen LogP contribution in [-0.4, -0.2) is 34.1 Å². The van der Waals surface area contributed by atoms with Gasteiger partial charge in [0.15, 0.2) is 11.2 Å². The second-order valence-corrected chi connectivity index (χ2v) is 8.59. The normalized spacial score (nSPS) is 14.9. The molecule has 0 unspecified atom stereocenters. The predicted molar refractivity (Wildman–Crippen MR) is 124 cm³/mol. The maximum absolute atomic E-state index is 12.6. The van der Waals surface area contributed by atoms with Crippen LogP contribution in [0.3, 0.4) is 0 Å². The lowest BCUT2D eigenvalue weighted by atomic mass is 10.1. The van der Waals surface area contributed by atoms with Crippen molar-refractivity contribution in [1.82, 2.24) is 34.1 Å². The summed E-state index contributed by atoms with van der Waals surface area (Å²) < 4.78 is 9.34. The first-order valence-electron chi connectivity index (χ1n) is 11.2. The van der Waals surface area contributed by atoms with E-state index < -0.39 is 0 Å². The van der Waals surface area contributed by atoms with Crippen molar-refractivity contribution < 1.29 is 4.42 Å². The van der Waals surface area contributed by atoms with Crippen LogP contribution in [0, 0.1) is 12.8 Å². The highest BCUT2D eigenvalue weighted by Gasteiger charge is 2.31. The summed E-state index contributed by atoms with van der Waals surface area (Å²) in [6.45, 7) is 6.68. The summed E-state index contributed by atoms with van der Waals surface area (Å²) in [6, 6.07) is 5.83. The minimum Gasteiger partial charge on any atom is -0.408 e. The summed E-state index contributed by atoms with van der Waals surface area (Å²) in [4.78, 5) is 35.2. The van der Waals surface area contributed by atoms with E-state index in [2.05, 4.69) is 33.8 Å². The molecule has 9 heteroatoms. The van der Waals surface area contributed by atoms with Gasteiger partial charge in [-0.2, -0.15) is 0 Å². The summed E-state index contributed by atoms with van der Waals surface area (Å²) in [6.07, 6.45) is 7.40. The van der Waals surface area contributed by atoms with Crippen LogP contribution in [0.5, 0.6) is 0 Å². The summed E-state index contributed by atoms with van der Waals surface area (Å²) in [5, 5.41) is 0. The molecule has 0 spiro atoms. The Morgan fingerprint density at radius 1 is 1.12 bits per heavy atom. The van der Waals surface area contributed by atoms with E-state index >= 15 is 0 Å². The molecular formula is C24H23N7O2. The van der Waals surface area contributed by atoms with E-state index in [-0.39, 0.29) is 11.8 Å². The van der Waals surface area contributed by atoms with Gasteiger partial charge in [0, 0.05) is 30.5 Å². The van der Waals surface area contributed by atoms with Crippen molar-refractivity contribution in [3.8, 4) is 22.6 Å². The fourth-order valence-corrected chi connectivity index (χ4v) is 4.53. The molecule has 1 aliphatic carbocycles. The number of hydrogen-bond acceptors (Lipinski definition) is 7. The number of rotatable bonds is 5. The lowest BCUT2D eigenvalue weighted by Gasteiger charge is -2.11. The van der Waals surface area contributed by atoms with Gasteiger partial charge in [-0.25, -0.2) is 29.7 Å². The number of hydrogen-bond donors (Lipinski definition) is 0.